The Morgan fingerprint density at radius 1 is 1.00 bits per heavy atom. The molecule has 7 rings (SSSR count). The Hall–Kier alpha value is -5.78. The number of nitrogens with zero attached hydrogens (tertiary/aromatic N) is 5. The van der Waals surface area contributed by atoms with Crippen molar-refractivity contribution in [2.75, 3.05) is 25.5 Å². The fourth-order valence-electron chi connectivity index (χ4n) is 6.58. The molecular formula is C36H35N7O5. The predicted molar refractivity (Wildman–Crippen MR) is 177 cm³/mol. The first-order valence-corrected chi connectivity index (χ1v) is 16.0. The number of hydrogen-bond acceptors (Lipinski definition) is 8. The van der Waals surface area contributed by atoms with Crippen LogP contribution in [0.5, 0.6) is 5.75 Å². The molecule has 0 bridgehead atoms. The third kappa shape index (κ3) is 5.81. The van der Waals surface area contributed by atoms with E-state index in [2.05, 4.69) is 27.3 Å². The highest BCUT2D eigenvalue weighted by Gasteiger charge is 2.45. The molecule has 4 aromatic rings. The van der Waals surface area contributed by atoms with Gasteiger partial charge in [-0.2, -0.15) is 5.10 Å². The van der Waals surface area contributed by atoms with Crippen molar-refractivity contribution >= 4 is 29.3 Å². The summed E-state index contributed by atoms with van der Waals surface area (Å²) in [6, 6.07) is 15.7. The molecule has 48 heavy (non-hydrogen) atoms. The zero-order valence-electron chi connectivity index (χ0n) is 26.5. The molecule has 2 saturated heterocycles. The lowest BCUT2D eigenvalue weighted by Gasteiger charge is -2.32. The minimum absolute atomic E-state index is 0.0378. The maximum atomic E-state index is 13.4. The Morgan fingerprint density at radius 2 is 1.79 bits per heavy atom. The second-order valence-corrected chi connectivity index (χ2v) is 12.2. The quantitative estimate of drug-likeness (QED) is 0.269. The van der Waals surface area contributed by atoms with Crippen LogP contribution >= 0.6 is 0 Å². The van der Waals surface area contributed by atoms with Gasteiger partial charge in [0, 0.05) is 54.5 Å². The van der Waals surface area contributed by atoms with Crippen LogP contribution in [0.1, 0.15) is 68.4 Å². The molecule has 2 fully saturated rings. The molecule has 2 aromatic heterocycles. The van der Waals surface area contributed by atoms with Crippen molar-refractivity contribution in [2.24, 2.45) is 0 Å². The first-order chi connectivity index (χ1) is 23.3. The van der Waals surface area contributed by atoms with Crippen molar-refractivity contribution in [3.63, 3.8) is 0 Å². The number of imide groups is 1. The van der Waals surface area contributed by atoms with Gasteiger partial charge in [0.25, 0.3) is 17.7 Å². The van der Waals surface area contributed by atoms with Gasteiger partial charge in [-0.1, -0.05) is 12.6 Å². The maximum Gasteiger partial charge on any atom is 0.264 e. The number of piperidine rings is 2. The second-order valence-electron chi connectivity index (χ2n) is 12.2. The Labute approximate surface area is 277 Å². The van der Waals surface area contributed by atoms with E-state index in [1.54, 1.807) is 37.7 Å². The largest absolute Gasteiger partial charge is 0.497 e. The third-order valence-corrected chi connectivity index (χ3v) is 9.24. The summed E-state index contributed by atoms with van der Waals surface area (Å²) in [6.07, 6.45) is 7.76. The lowest BCUT2D eigenvalue weighted by Crippen LogP contribution is -2.51. The van der Waals surface area contributed by atoms with E-state index in [9.17, 15) is 19.2 Å². The fraction of sp³-hybridized carbons (Fsp3) is 0.278. The highest BCUT2D eigenvalue weighted by atomic mass is 16.5. The number of methoxy groups -OCH3 is 1. The summed E-state index contributed by atoms with van der Waals surface area (Å²) >= 11 is 0. The van der Waals surface area contributed by atoms with E-state index in [0.29, 0.717) is 49.4 Å². The molecule has 2 aromatic carbocycles. The Bertz CT molecular complexity index is 1910. The van der Waals surface area contributed by atoms with Gasteiger partial charge < -0.3 is 20.3 Å². The molecule has 3 aliphatic rings. The summed E-state index contributed by atoms with van der Waals surface area (Å²) in [4.78, 5) is 59.9. The number of fused-ring (bicyclic) bond motifs is 1. The molecule has 0 aliphatic carbocycles. The van der Waals surface area contributed by atoms with Crippen LogP contribution in [0.2, 0.25) is 0 Å². The second kappa shape index (κ2) is 12.8. The lowest BCUT2D eigenvalue weighted by atomic mass is 10.0. The predicted octanol–water partition coefficient (Wildman–Crippen LogP) is 4.43. The van der Waals surface area contributed by atoms with Crippen LogP contribution in [0.25, 0.3) is 11.3 Å². The zero-order chi connectivity index (χ0) is 33.4. The number of hydrogen-bond donors (Lipinski definition) is 2. The number of carbonyl (C=O) groups is 4. The van der Waals surface area contributed by atoms with Crippen LogP contribution in [0.15, 0.2) is 85.5 Å². The number of allylic oxidation sites excluding steroid dienone is 1. The molecule has 0 saturated carbocycles. The van der Waals surface area contributed by atoms with E-state index in [-0.39, 0.29) is 23.1 Å². The van der Waals surface area contributed by atoms with Crippen molar-refractivity contribution < 1.29 is 23.9 Å². The summed E-state index contributed by atoms with van der Waals surface area (Å²) in [7, 11) is 1.63. The lowest BCUT2D eigenvalue weighted by molar-refractivity contribution is -0.125. The number of nitrogens with one attached hydrogen (secondary N) is 2. The molecule has 3 aliphatic heterocycles. The first-order valence-electron chi connectivity index (χ1n) is 16.0. The molecule has 12 nitrogen and oxygen atoms in total. The summed E-state index contributed by atoms with van der Waals surface area (Å²) in [5.41, 5.74) is 4.87. The highest BCUT2D eigenvalue weighted by Crippen LogP contribution is 2.33. The summed E-state index contributed by atoms with van der Waals surface area (Å²) in [5, 5.41) is 10.5. The van der Waals surface area contributed by atoms with E-state index >= 15 is 0 Å². The number of aromatic nitrogens is 3. The zero-order valence-corrected chi connectivity index (χ0v) is 26.5. The minimum Gasteiger partial charge on any atom is -0.497 e. The molecule has 2 N–H and O–H groups in total. The van der Waals surface area contributed by atoms with Crippen LogP contribution in [-0.2, 0) is 11.3 Å². The molecule has 5 heterocycles. The van der Waals surface area contributed by atoms with Crippen LogP contribution in [0, 0.1) is 0 Å². The molecule has 4 amide bonds. The molecule has 0 radical (unpaired) electrons. The van der Waals surface area contributed by atoms with Gasteiger partial charge in [-0.15, -0.1) is 0 Å². The minimum atomic E-state index is -0.863. The van der Waals surface area contributed by atoms with Gasteiger partial charge in [0.2, 0.25) is 5.91 Å². The third-order valence-electron chi connectivity index (χ3n) is 9.24. The number of amides is 4. The Morgan fingerprint density at radius 3 is 2.50 bits per heavy atom. The van der Waals surface area contributed by atoms with Crippen molar-refractivity contribution in [3.8, 4) is 17.0 Å². The number of rotatable bonds is 8. The normalized spacial score (nSPS) is 18.1. The van der Waals surface area contributed by atoms with Crippen molar-refractivity contribution in [1.82, 2.24) is 29.9 Å². The maximum absolute atomic E-state index is 13.4. The molecule has 0 spiro atoms. The standard InChI is InChI=1S/C36H35N7O5/c1-22-6-13-31(33(44)40-22)43-35(46)28-4-3-5-30(32(28)36(43)47)37-18-23-19-39-42(21-23)26-14-16-41(17-15-26)34(45)25-9-12-29(38-20-25)24-7-10-27(48-2)11-8-24/h3-5,7-12,19-21,26,31,37H,1,6,13-18H2,2H3,(H,40,44). The van der Waals surface area contributed by atoms with Crippen LogP contribution in [0.4, 0.5) is 5.69 Å². The highest BCUT2D eigenvalue weighted by molar-refractivity contribution is 6.25. The van der Waals surface area contributed by atoms with Crippen molar-refractivity contribution in [3.05, 3.63) is 108 Å². The van der Waals surface area contributed by atoms with Crippen molar-refractivity contribution in [2.45, 2.75) is 44.3 Å². The van der Waals surface area contributed by atoms with Gasteiger partial charge in [0.05, 0.1) is 41.7 Å². The molecule has 12 heteroatoms. The molecule has 1 unspecified atom stereocenters. The summed E-state index contributed by atoms with van der Waals surface area (Å²) < 4.78 is 7.16. The van der Waals surface area contributed by atoms with Gasteiger partial charge in [0.1, 0.15) is 11.8 Å². The Balaban J connectivity index is 0.944. The first kappa shape index (κ1) is 30.9. The van der Waals surface area contributed by atoms with Crippen LogP contribution in [0.3, 0.4) is 0 Å². The van der Waals surface area contributed by atoms with Crippen LogP contribution in [-0.4, -0.2) is 74.4 Å². The SMILES string of the molecule is C=C1CCC(N2C(=O)c3cccc(NCc4cnn(C5CCN(C(=O)c6ccc(-c7ccc(OC)cc7)nc6)CC5)c4)c3C2=O)C(=O)N1. The van der Waals surface area contributed by atoms with Gasteiger partial charge >= 0.3 is 0 Å². The van der Waals surface area contributed by atoms with Gasteiger partial charge in [0.15, 0.2) is 0 Å². The number of benzene rings is 2. The molecule has 1 atom stereocenters. The van der Waals surface area contributed by atoms with Gasteiger partial charge in [-0.05, 0) is 74.2 Å². The van der Waals surface area contributed by atoms with Gasteiger partial charge in [-0.3, -0.25) is 33.7 Å². The van der Waals surface area contributed by atoms with Gasteiger partial charge in [-0.25, -0.2) is 0 Å². The topological polar surface area (TPSA) is 139 Å². The average Bonchev–Trinajstić information content (AvgIpc) is 3.70. The average molecular weight is 646 g/mol. The number of carbonyl (C=O) groups excluding carboxylic acids is 4. The van der Waals surface area contributed by atoms with E-state index in [1.165, 1.54) is 0 Å². The smallest absolute Gasteiger partial charge is 0.264 e. The van der Waals surface area contributed by atoms with E-state index in [1.807, 2.05) is 52.2 Å². The number of anilines is 1. The van der Waals surface area contributed by atoms with E-state index < -0.39 is 23.8 Å². The van der Waals surface area contributed by atoms with E-state index in [0.717, 1.165) is 40.3 Å². The van der Waals surface area contributed by atoms with Crippen LogP contribution < -0.4 is 15.4 Å². The van der Waals surface area contributed by atoms with Crippen molar-refractivity contribution in [1.29, 1.82) is 0 Å². The molecular weight excluding hydrogens is 610 g/mol. The number of ether oxygens (including phenoxy) is 1. The number of likely N-dealkylation sites (tertiary alicyclic amines) is 1. The number of pyridine rings is 1. The molecule has 244 valence electrons. The van der Waals surface area contributed by atoms with E-state index in [4.69, 9.17) is 4.74 Å². The Kier molecular flexibility index (Phi) is 8.22. The fourth-order valence-corrected chi connectivity index (χ4v) is 6.58. The summed E-state index contributed by atoms with van der Waals surface area (Å²) in [6.45, 7) is 5.38. The monoisotopic (exact) mass is 645 g/mol. The summed E-state index contributed by atoms with van der Waals surface area (Å²) in [5.74, 6) is -0.605.